The van der Waals surface area contributed by atoms with Gasteiger partial charge in [0.05, 0.1) is 9.92 Å². The van der Waals surface area contributed by atoms with Crippen LogP contribution in [0.1, 0.15) is 13.8 Å². The van der Waals surface area contributed by atoms with Gasteiger partial charge in [0.15, 0.2) is 5.96 Å². The second-order valence-electron chi connectivity index (χ2n) is 6.78. The third kappa shape index (κ3) is 7.98. The number of carbonyl (C=O) groups excluding carboxylic acids is 1. The molecule has 0 aliphatic rings. The molecule has 0 bridgehead atoms. The summed E-state index contributed by atoms with van der Waals surface area (Å²) >= 11 is 6.08. The average molecular weight is 529 g/mol. The molecule has 0 saturated carbocycles. The van der Waals surface area contributed by atoms with Crippen molar-refractivity contribution in [3.63, 3.8) is 0 Å². The lowest BCUT2D eigenvalue weighted by atomic mass is 10.1. The van der Waals surface area contributed by atoms with Crippen LogP contribution in [0.15, 0.2) is 29.3 Å². The van der Waals surface area contributed by atoms with Crippen molar-refractivity contribution in [1.82, 2.24) is 9.87 Å². The van der Waals surface area contributed by atoms with E-state index in [1.54, 1.807) is 18.7 Å². The van der Waals surface area contributed by atoms with Gasteiger partial charge in [0.1, 0.15) is 11.9 Å². The van der Waals surface area contributed by atoms with E-state index < -0.39 is 34.2 Å². The van der Waals surface area contributed by atoms with Gasteiger partial charge in [-0.05, 0) is 22.9 Å². The Balaban J connectivity index is 0.000000718. The maximum atomic E-state index is 12.4. The Hall–Kier alpha value is -3.21. The molecular weight excluding hydrogens is 509 g/mol. The Kier molecular flexibility index (Phi) is 9.56. The van der Waals surface area contributed by atoms with E-state index in [2.05, 4.69) is 15.1 Å². The number of carbonyl (C=O) groups is 2. The molecule has 1 aromatic carbocycles. The maximum absolute atomic E-state index is 12.4. The Labute approximate surface area is 195 Å². The van der Waals surface area contributed by atoms with Crippen molar-refractivity contribution >= 4 is 56.1 Å². The summed E-state index contributed by atoms with van der Waals surface area (Å²) in [6.07, 6.45) is -3.74. The minimum Gasteiger partial charge on any atom is -0.475 e. The molecule has 12 nitrogen and oxygen atoms in total. The van der Waals surface area contributed by atoms with Gasteiger partial charge in [0, 0.05) is 17.0 Å². The predicted molar refractivity (Wildman–Crippen MR) is 115 cm³/mol. The zero-order valence-corrected chi connectivity index (χ0v) is 19.0. The molecule has 0 fully saturated rings. The highest BCUT2D eigenvalue weighted by molar-refractivity contribution is 7.89. The maximum Gasteiger partial charge on any atom is 0.490 e. The normalized spacial score (nSPS) is 12.5. The van der Waals surface area contributed by atoms with E-state index in [1.807, 2.05) is 0 Å². The number of carboxylic acids is 1. The molecule has 0 amide bonds. The zero-order chi connectivity index (χ0) is 26.4. The van der Waals surface area contributed by atoms with E-state index in [9.17, 15) is 26.4 Å². The molecule has 2 aromatic rings. The largest absolute Gasteiger partial charge is 0.490 e. The van der Waals surface area contributed by atoms with Crippen molar-refractivity contribution < 1.29 is 41.1 Å². The van der Waals surface area contributed by atoms with Gasteiger partial charge in [0.25, 0.3) is 10.0 Å². The van der Waals surface area contributed by atoms with E-state index >= 15 is 0 Å². The second kappa shape index (κ2) is 11.3. The van der Waals surface area contributed by atoms with Crippen LogP contribution in [0.2, 0.25) is 5.02 Å². The molecule has 8 N–H and O–H groups in total. The number of nitrogens with zero attached hydrogens (tertiary/aromatic N) is 1. The predicted octanol–water partition coefficient (Wildman–Crippen LogP) is 1.55. The van der Waals surface area contributed by atoms with Crippen LogP contribution in [0.25, 0.3) is 10.8 Å². The number of hydrogen-bond acceptors (Lipinski definition) is 8. The topological polar surface area (TPSA) is 211 Å². The standard InChI is InChI=1S/C15H19ClN6O4S.C2HF3O2/c1-7(2)12(17)14(23)26-22-27(24,25)8-3-4-9-10(5-8)13(21-15(18)19)20-6-11(9)16;3-2(4,5)1(6)7/h3-7,12,22H,17H2,1-2H3,(H4,18,19,20,21);(H,6,7)/t12-;/m0./s1. The first-order valence-corrected chi connectivity index (χ1v) is 10.8. The number of fused-ring (bicyclic) bond motifs is 1. The van der Waals surface area contributed by atoms with Crippen LogP contribution in [0.5, 0.6) is 0 Å². The fraction of sp³-hybridized carbons (Fsp3) is 0.294. The summed E-state index contributed by atoms with van der Waals surface area (Å²) in [6.45, 7) is 3.40. The molecule has 0 radical (unpaired) electrons. The van der Waals surface area contributed by atoms with E-state index in [1.165, 1.54) is 24.4 Å². The fourth-order valence-corrected chi connectivity index (χ4v) is 3.09. The molecular formula is C17H20ClF3N6O6S. The first-order valence-electron chi connectivity index (χ1n) is 8.94. The third-order valence-corrected chi connectivity index (χ3v) is 5.34. The van der Waals surface area contributed by atoms with Crippen LogP contribution in [0, 0.1) is 11.3 Å². The Morgan fingerprint density at radius 1 is 1.26 bits per heavy atom. The Morgan fingerprint density at radius 3 is 2.29 bits per heavy atom. The van der Waals surface area contributed by atoms with Crippen LogP contribution in [-0.2, 0) is 24.4 Å². The molecule has 0 aliphatic heterocycles. The molecule has 0 spiro atoms. The number of nitrogens with one attached hydrogen (secondary N) is 3. The summed E-state index contributed by atoms with van der Waals surface area (Å²) in [5.41, 5.74) is 10.9. The molecule has 1 heterocycles. The quantitative estimate of drug-likeness (QED) is 0.181. The number of alkyl halides is 3. The fourth-order valence-electron chi connectivity index (χ4n) is 2.07. The number of benzene rings is 1. The first-order chi connectivity index (χ1) is 15.5. The minimum atomic E-state index is -5.08. The van der Waals surface area contributed by atoms with Gasteiger partial charge in [-0.2, -0.15) is 13.2 Å². The van der Waals surface area contributed by atoms with Crippen LogP contribution in [0.4, 0.5) is 19.0 Å². The van der Waals surface area contributed by atoms with Gasteiger partial charge in [-0.25, -0.2) is 23.0 Å². The first kappa shape index (κ1) is 28.8. The lowest BCUT2D eigenvalue weighted by molar-refractivity contribution is -0.192. The molecule has 1 atom stereocenters. The van der Waals surface area contributed by atoms with Crippen molar-refractivity contribution in [1.29, 1.82) is 5.41 Å². The van der Waals surface area contributed by atoms with Gasteiger partial charge in [-0.1, -0.05) is 31.5 Å². The Bertz CT molecular complexity index is 1190. The Morgan fingerprint density at radius 2 is 1.82 bits per heavy atom. The number of halogens is 4. The summed E-state index contributed by atoms with van der Waals surface area (Å²) in [5, 5.41) is 18.0. The number of nitrogens with two attached hydrogens (primary N) is 2. The van der Waals surface area contributed by atoms with E-state index in [-0.39, 0.29) is 27.6 Å². The van der Waals surface area contributed by atoms with Gasteiger partial charge < -0.3 is 26.7 Å². The van der Waals surface area contributed by atoms with Gasteiger partial charge >= 0.3 is 18.1 Å². The van der Waals surface area contributed by atoms with Crippen LogP contribution < -0.4 is 21.7 Å². The van der Waals surface area contributed by atoms with E-state index in [0.29, 0.717) is 10.8 Å². The van der Waals surface area contributed by atoms with Gasteiger partial charge in [-0.3, -0.25) is 5.41 Å². The summed E-state index contributed by atoms with van der Waals surface area (Å²) in [5.74, 6) is -4.12. The highest BCUT2D eigenvalue weighted by Gasteiger charge is 2.38. The van der Waals surface area contributed by atoms with Crippen molar-refractivity contribution in [3.05, 3.63) is 29.4 Å². The van der Waals surface area contributed by atoms with Gasteiger partial charge in [-0.15, -0.1) is 0 Å². The van der Waals surface area contributed by atoms with Crippen molar-refractivity contribution in [2.45, 2.75) is 31.0 Å². The van der Waals surface area contributed by atoms with E-state index in [0.717, 1.165) is 0 Å². The average Bonchev–Trinajstić information content (AvgIpc) is 2.72. The van der Waals surface area contributed by atoms with Crippen LogP contribution in [0.3, 0.4) is 0 Å². The number of anilines is 1. The highest BCUT2D eigenvalue weighted by atomic mass is 35.5. The third-order valence-electron chi connectivity index (χ3n) is 3.86. The smallest absolute Gasteiger partial charge is 0.475 e. The molecule has 2 rings (SSSR count). The molecule has 17 heteroatoms. The van der Waals surface area contributed by atoms with Gasteiger partial charge in [0.2, 0.25) is 0 Å². The summed E-state index contributed by atoms with van der Waals surface area (Å²) in [6, 6.07) is 3.03. The number of aliphatic carboxylic acids is 1. The number of rotatable bonds is 6. The minimum absolute atomic E-state index is 0.151. The number of hydrogen-bond donors (Lipinski definition) is 6. The molecule has 0 aliphatic carbocycles. The second-order valence-corrected chi connectivity index (χ2v) is 8.83. The molecule has 34 heavy (non-hydrogen) atoms. The summed E-state index contributed by atoms with van der Waals surface area (Å²) < 4.78 is 56.6. The molecule has 0 unspecified atom stereocenters. The molecule has 1 aromatic heterocycles. The van der Waals surface area contributed by atoms with Crippen molar-refractivity contribution in [2.24, 2.45) is 17.4 Å². The summed E-state index contributed by atoms with van der Waals surface area (Å²) in [7, 11) is -4.20. The number of pyridine rings is 1. The zero-order valence-electron chi connectivity index (χ0n) is 17.5. The molecule has 188 valence electrons. The SMILES string of the molecule is CC(C)[C@H](N)C(=O)ONS(=O)(=O)c1ccc2c(Cl)cnc(NC(=N)N)c2c1.O=C(O)C(F)(F)F. The monoisotopic (exact) mass is 528 g/mol. The highest BCUT2D eigenvalue weighted by Crippen LogP contribution is 2.30. The number of guanidine groups is 1. The van der Waals surface area contributed by atoms with Crippen molar-refractivity contribution in [2.75, 3.05) is 5.32 Å². The van der Waals surface area contributed by atoms with E-state index in [4.69, 9.17) is 38.4 Å². The molecule has 0 saturated heterocycles. The lowest BCUT2D eigenvalue weighted by Crippen LogP contribution is -2.41. The van der Waals surface area contributed by atoms with Crippen LogP contribution >= 0.6 is 11.6 Å². The summed E-state index contributed by atoms with van der Waals surface area (Å²) in [4.78, 5) is 30.8. The van der Waals surface area contributed by atoms with Crippen LogP contribution in [-0.4, -0.2) is 48.6 Å². The number of sulfonamides is 1. The number of aromatic nitrogens is 1. The number of carboxylic acid groups (broad SMARTS) is 1. The lowest BCUT2D eigenvalue weighted by Gasteiger charge is -2.15. The van der Waals surface area contributed by atoms with Crippen molar-refractivity contribution in [3.8, 4) is 0 Å².